The number of hydrogen-bond donors (Lipinski definition) is 4. The van der Waals surface area contributed by atoms with Crippen LogP contribution in [0.1, 0.15) is 30.9 Å². The third-order valence-electron chi connectivity index (χ3n) is 6.85. The highest BCUT2D eigenvalue weighted by Gasteiger charge is 2.56. The van der Waals surface area contributed by atoms with Crippen molar-refractivity contribution in [3.63, 3.8) is 0 Å². The highest BCUT2D eigenvalue weighted by atomic mass is 35.5. The predicted molar refractivity (Wildman–Crippen MR) is 149 cm³/mol. The Labute approximate surface area is 232 Å². The standard InChI is InChI=1S/C27H29Cl2N5O3S/c1-17(2)24(25(30)35)27(19-8-10-20(28)11-9-19)23(18-6-4-3-5-7-18)16-34(33-27)26(31)32-38(36,37)22-14-12-21(29)13-15-22/h3-15,17,23-24,33H,16H2,1-2H3,(H2,30,35)(H2,31,32)/t23-,24-,27?/m0/s1. The molecule has 38 heavy (non-hydrogen) atoms. The molecule has 3 atom stereocenters. The first-order valence-electron chi connectivity index (χ1n) is 12.0. The lowest BCUT2D eigenvalue weighted by molar-refractivity contribution is -0.127. The number of amides is 1. The monoisotopic (exact) mass is 573 g/mol. The minimum atomic E-state index is -4.08. The van der Waals surface area contributed by atoms with E-state index in [1.165, 1.54) is 29.3 Å². The zero-order valence-electron chi connectivity index (χ0n) is 20.9. The molecular weight excluding hydrogens is 545 g/mol. The molecule has 3 aromatic rings. The summed E-state index contributed by atoms with van der Waals surface area (Å²) < 4.78 is 28.4. The lowest BCUT2D eigenvalue weighted by atomic mass is 9.64. The maximum Gasteiger partial charge on any atom is 0.264 e. The van der Waals surface area contributed by atoms with Gasteiger partial charge in [-0.1, -0.05) is 79.5 Å². The van der Waals surface area contributed by atoms with Crippen LogP contribution in [0.25, 0.3) is 0 Å². The summed E-state index contributed by atoms with van der Waals surface area (Å²) in [6, 6.07) is 22.4. The van der Waals surface area contributed by atoms with Crippen LogP contribution in [-0.4, -0.2) is 31.8 Å². The van der Waals surface area contributed by atoms with Crippen molar-refractivity contribution in [3.05, 3.63) is 100 Å². The molecule has 1 aliphatic heterocycles. The van der Waals surface area contributed by atoms with Crippen LogP contribution in [0.3, 0.4) is 0 Å². The first-order valence-corrected chi connectivity index (χ1v) is 14.2. The molecule has 0 saturated carbocycles. The third-order valence-corrected chi connectivity index (χ3v) is 8.71. The Morgan fingerprint density at radius 1 is 1.03 bits per heavy atom. The number of carbonyl (C=O) groups excluding carboxylic acids is 1. The predicted octanol–water partition coefficient (Wildman–Crippen LogP) is 4.46. The van der Waals surface area contributed by atoms with E-state index in [2.05, 4.69) is 10.1 Å². The number of nitrogens with zero attached hydrogens (tertiary/aromatic N) is 1. The molecule has 1 unspecified atom stereocenters. The molecule has 0 radical (unpaired) electrons. The average Bonchev–Trinajstić information content (AvgIpc) is 3.26. The number of guanidine groups is 1. The summed E-state index contributed by atoms with van der Waals surface area (Å²) in [6.07, 6.45) is 0. The van der Waals surface area contributed by atoms with Gasteiger partial charge < -0.3 is 5.73 Å². The van der Waals surface area contributed by atoms with Crippen molar-refractivity contribution in [2.75, 3.05) is 6.54 Å². The fourth-order valence-corrected chi connectivity index (χ4v) is 6.49. The Bertz CT molecular complexity index is 1420. The van der Waals surface area contributed by atoms with Crippen molar-refractivity contribution < 1.29 is 13.2 Å². The van der Waals surface area contributed by atoms with E-state index >= 15 is 0 Å². The van der Waals surface area contributed by atoms with E-state index in [9.17, 15) is 13.2 Å². The summed E-state index contributed by atoms with van der Waals surface area (Å²) >= 11 is 12.1. The lowest BCUT2D eigenvalue weighted by Crippen LogP contribution is -2.58. The van der Waals surface area contributed by atoms with Crippen molar-refractivity contribution in [1.29, 1.82) is 5.41 Å². The highest BCUT2D eigenvalue weighted by Crippen LogP contribution is 2.49. The molecular formula is C27H29Cl2N5O3S. The van der Waals surface area contributed by atoms with E-state index in [4.69, 9.17) is 34.3 Å². The van der Waals surface area contributed by atoms with Gasteiger partial charge in [-0.15, -0.1) is 0 Å². The minimum absolute atomic E-state index is 0.0355. The van der Waals surface area contributed by atoms with E-state index in [0.29, 0.717) is 10.0 Å². The van der Waals surface area contributed by atoms with Gasteiger partial charge in [0, 0.05) is 22.5 Å². The summed E-state index contributed by atoms with van der Waals surface area (Å²) in [5.74, 6) is -2.21. The number of nitrogens with two attached hydrogens (primary N) is 1. The molecule has 1 saturated heterocycles. The van der Waals surface area contributed by atoms with Gasteiger partial charge in [0.25, 0.3) is 10.0 Å². The van der Waals surface area contributed by atoms with Crippen molar-refractivity contribution in [3.8, 4) is 0 Å². The first kappa shape index (κ1) is 27.9. The van der Waals surface area contributed by atoms with E-state index in [1.54, 1.807) is 12.1 Å². The molecule has 1 fully saturated rings. The Morgan fingerprint density at radius 3 is 2.11 bits per heavy atom. The Kier molecular flexibility index (Phi) is 8.04. The van der Waals surface area contributed by atoms with Crippen LogP contribution in [0.4, 0.5) is 0 Å². The number of carbonyl (C=O) groups is 1. The zero-order valence-corrected chi connectivity index (χ0v) is 23.2. The topological polar surface area (TPSA) is 128 Å². The van der Waals surface area contributed by atoms with Crippen molar-refractivity contribution >= 4 is 45.1 Å². The summed E-state index contributed by atoms with van der Waals surface area (Å²) in [6.45, 7) is 4.01. The van der Waals surface area contributed by atoms with Gasteiger partial charge in [-0.3, -0.25) is 15.2 Å². The van der Waals surface area contributed by atoms with E-state index in [0.717, 1.165) is 11.1 Å². The van der Waals surface area contributed by atoms with E-state index in [-0.39, 0.29) is 23.3 Å². The Morgan fingerprint density at radius 2 is 1.58 bits per heavy atom. The van der Waals surface area contributed by atoms with Crippen LogP contribution in [0.15, 0.2) is 83.8 Å². The molecule has 1 aliphatic rings. The molecule has 200 valence electrons. The highest BCUT2D eigenvalue weighted by molar-refractivity contribution is 7.90. The van der Waals surface area contributed by atoms with Gasteiger partial charge in [0.15, 0.2) is 0 Å². The van der Waals surface area contributed by atoms with Crippen LogP contribution >= 0.6 is 23.2 Å². The molecule has 11 heteroatoms. The molecule has 0 spiro atoms. The Hall–Kier alpha value is -3.11. The number of rotatable bonds is 7. The zero-order chi connectivity index (χ0) is 27.7. The summed E-state index contributed by atoms with van der Waals surface area (Å²) in [5, 5.41) is 11.1. The van der Waals surface area contributed by atoms with Gasteiger partial charge in [0.1, 0.15) is 0 Å². The van der Waals surface area contributed by atoms with E-state index < -0.39 is 33.3 Å². The third kappa shape index (κ3) is 5.37. The number of halogens is 2. The molecule has 1 amide bonds. The smallest absolute Gasteiger partial charge is 0.264 e. The van der Waals surface area contributed by atoms with Crippen LogP contribution in [0.2, 0.25) is 10.0 Å². The largest absolute Gasteiger partial charge is 0.369 e. The molecule has 0 bridgehead atoms. The normalized spacial score (nSPS) is 20.3. The maximum atomic E-state index is 13.0. The summed E-state index contributed by atoms with van der Waals surface area (Å²) in [4.78, 5) is 13.0. The van der Waals surface area contributed by atoms with Crippen molar-refractivity contribution in [1.82, 2.24) is 15.2 Å². The number of nitrogens with one attached hydrogen (secondary N) is 3. The quantitative estimate of drug-likeness (QED) is 0.245. The molecule has 1 heterocycles. The molecule has 4 rings (SSSR count). The average molecular weight is 575 g/mol. The molecule has 8 nitrogen and oxygen atoms in total. The maximum absolute atomic E-state index is 13.0. The summed E-state index contributed by atoms with van der Waals surface area (Å²) in [5.41, 5.74) is 9.91. The van der Waals surface area contributed by atoms with Gasteiger partial charge >= 0.3 is 0 Å². The second-order valence-corrected chi connectivity index (χ2v) is 12.1. The second-order valence-electron chi connectivity index (χ2n) is 9.59. The van der Waals surface area contributed by atoms with Crippen LogP contribution in [0, 0.1) is 17.2 Å². The van der Waals surface area contributed by atoms with Crippen LogP contribution < -0.4 is 15.9 Å². The van der Waals surface area contributed by atoms with Crippen molar-refractivity contribution in [2.45, 2.75) is 30.2 Å². The number of hydrazine groups is 1. The van der Waals surface area contributed by atoms with E-state index in [1.807, 2.05) is 56.3 Å². The second kappa shape index (κ2) is 10.9. The Balaban J connectivity index is 1.82. The number of sulfonamides is 1. The lowest BCUT2D eigenvalue weighted by Gasteiger charge is -2.43. The van der Waals surface area contributed by atoms with Gasteiger partial charge in [-0.2, -0.15) is 0 Å². The van der Waals surface area contributed by atoms with Gasteiger partial charge in [0.05, 0.1) is 16.4 Å². The molecule has 3 aromatic carbocycles. The van der Waals surface area contributed by atoms with Crippen LogP contribution in [0.5, 0.6) is 0 Å². The van der Waals surface area contributed by atoms with Gasteiger partial charge in [-0.05, 0) is 53.4 Å². The van der Waals surface area contributed by atoms with Gasteiger partial charge in [0.2, 0.25) is 11.9 Å². The fraction of sp³-hybridized carbons (Fsp3) is 0.259. The SMILES string of the molecule is CC(C)[C@@H](C(N)=O)C1(c2ccc(Cl)cc2)NN(C(=N)NS(=O)(=O)c2ccc(Cl)cc2)C[C@H]1c1ccccc1. The minimum Gasteiger partial charge on any atom is -0.369 e. The first-order chi connectivity index (χ1) is 18.0. The number of benzene rings is 3. The van der Waals surface area contributed by atoms with Crippen molar-refractivity contribution in [2.24, 2.45) is 17.6 Å². The summed E-state index contributed by atoms with van der Waals surface area (Å²) in [7, 11) is -4.08. The molecule has 5 N–H and O–H groups in total. The van der Waals surface area contributed by atoms with Crippen LogP contribution in [-0.2, 0) is 20.4 Å². The number of hydrogen-bond acceptors (Lipinski definition) is 5. The molecule has 0 aromatic heterocycles. The molecule has 0 aliphatic carbocycles. The number of primary amides is 1. The fourth-order valence-electron chi connectivity index (χ4n) is 5.27. The van der Waals surface area contributed by atoms with Gasteiger partial charge in [-0.25, -0.2) is 18.6 Å².